The summed E-state index contributed by atoms with van der Waals surface area (Å²) in [6.45, 7) is 3.92. The van der Waals surface area contributed by atoms with Gasteiger partial charge in [-0.2, -0.15) is 0 Å². The number of hydrogen-bond acceptors (Lipinski definition) is 3. The molecular formula is C9H13N3OS. The van der Waals surface area contributed by atoms with Crippen LogP contribution in [0.2, 0.25) is 0 Å². The second-order valence-corrected chi connectivity index (χ2v) is 3.47. The Kier molecular flexibility index (Phi) is 3.64. The maximum absolute atomic E-state index is 5.47. The molecule has 0 atom stereocenters. The molecule has 1 aromatic rings. The summed E-state index contributed by atoms with van der Waals surface area (Å²) >= 11 is 4.69. The van der Waals surface area contributed by atoms with Crippen molar-refractivity contribution in [1.29, 1.82) is 0 Å². The van der Waals surface area contributed by atoms with E-state index in [2.05, 4.69) is 10.3 Å². The molecule has 76 valence electrons. The Morgan fingerprint density at radius 3 is 2.93 bits per heavy atom. The Balaban J connectivity index is 2.73. The summed E-state index contributed by atoms with van der Waals surface area (Å²) in [5, 5.41) is 2.93. The zero-order valence-corrected chi connectivity index (χ0v) is 8.97. The Bertz CT molecular complexity index is 328. The molecule has 1 aromatic heterocycles. The summed E-state index contributed by atoms with van der Waals surface area (Å²) < 4.78 is 5.47. The average Bonchev–Trinajstić information content (AvgIpc) is 2.01. The third-order valence-electron chi connectivity index (χ3n) is 1.35. The van der Waals surface area contributed by atoms with Crippen LogP contribution in [0.15, 0.2) is 18.3 Å². The third kappa shape index (κ3) is 3.57. The van der Waals surface area contributed by atoms with Crippen molar-refractivity contribution in [3.63, 3.8) is 0 Å². The molecule has 0 amide bonds. The van der Waals surface area contributed by atoms with E-state index in [1.54, 1.807) is 18.3 Å². The van der Waals surface area contributed by atoms with E-state index in [1.165, 1.54) is 0 Å². The van der Waals surface area contributed by atoms with Gasteiger partial charge in [0.15, 0.2) is 5.11 Å². The molecule has 1 heterocycles. The summed E-state index contributed by atoms with van der Waals surface area (Å²) in [7, 11) is 0. The fraction of sp³-hybridized carbons (Fsp3) is 0.333. The van der Waals surface area contributed by atoms with Crippen LogP contribution < -0.4 is 15.8 Å². The van der Waals surface area contributed by atoms with Gasteiger partial charge in [0.2, 0.25) is 0 Å². The summed E-state index contributed by atoms with van der Waals surface area (Å²) in [5.74, 6) is 1.34. The predicted molar refractivity (Wildman–Crippen MR) is 60.4 cm³/mol. The van der Waals surface area contributed by atoms with Crippen LogP contribution in [0.25, 0.3) is 0 Å². The highest BCUT2D eigenvalue weighted by molar-refractivity contribution is 7.80. The Hall–Kier alpha value is -1.36. The molecule has 0 radical (unpaired) electrons. The molecule has 0 aliphatic carbocycles. The van der Waals surface area contributed by atoms with Gasteiger partial charge in [-0.1, -0.05) is 0 Å². The minimum Gasteiger partial charge on any atom is -0.491 e. The molecule has 0 aliphatic rings. The molecule has 0 spiro atoms. The van der Waals surface area contributed by atoms with E-state index in [0.717, 1.165) is 5.75 Å². The number of nitrogens with two attached hydrogens (primary N) is 1. The van der Waals surface area contributed by atoms with Crippen molar-refractivity contribution in [2.24, 2.45) is 5.73 Å². The van der Waals surface area contributed by atoms with Gasteiger partial charge in [-0.3, -0.25) is 0 Å². The number of pyridine rings is 1. The molecule has 0 saturated carbocycles. The monoisotopic (exact) mass is 211 g/mol. The quantitative estimate of drug-likeness (QED) is 0.742. The summed E-state index contributed by atoms with van der Waals surface area (Å²) in [5.41, 5.74) is 5.32. The minimum absolute atomic E-state index is 0.134. The maximum Gasteiger partial charge on any atom is 0.169 e. The molecule has 14 heavy (non-hydrogen) atoms. The van der Waals surface area contributed by atoms with Gasteiger partial charge in [0.05, 0.1) is 6.10 Å². The third-order valence-corrected chi connectivity index (χ3v) is 1.46. The number of nitrogens with zero attached hydrogens (tertiary/aromatic N) is 1. The molecule has 4 nitrogen and oxygen atoms in total. The lowest BCUT2D eigenvalue weighted by molar-refractivity contribution is 0.242. The first-order valence-corrected chi connectivity index (χ1v) is 4.68. The Morgan fingerprint density at radius 2 is 2.36 bits per heavy atom. The first-order chi connectivity index (χ1) is 6.58. The highest BCUT2D eigenvalue weighted by Gasteiger charge is 2.00. The summed E-state index contributed by atoms with van der Waals surface area (Å²) in [6, 6.07) is 3.53. The summed E-state index contributed by atoms with van der Waals surface area (Å²) in [6.07, 6.45) is 1.77. The number of rotatable bonds is 3. The van der Waals surface area contributed by atoms with E-state index >= 15 is 0 Å². The van der Waals surface area contributed by atoms with E-state index < -0.39 is 0 Å². The molecule has 0 fully saturated rings. The largest absolute Gasteiger partial charge is 0.491 e. The van der Waals surface area contributed by atoms with Crippen molar-refractivity contribution in [2.45, 2.75) is 20.0 Å². The highest BCUT2D eigenvalue weighted by Crippen LogP contribution is 2.15. The standard InChI is InChI=1S/C9H13N3OS/c1-6(2)13-7-3-4-11-8(5-7)12-9(10)14/h3-6H,1-2H3,(H3,10,11,12,14). The fourth-order valence-electron chi connectivity index (χ4n) is 0.951. The van der Waals surface area contributed by atoms with Gasteiger partial charge >= 0.3 is 0 Å². The Labute approximate surface area is 88.5 Å². The van der Waals surface area contributed by atoms with Crippen molar-refractivity contribution >= 4 is 23.1 Å². The topological polar surface area (TPSA) is 60.2 Å². The molecule has 3 N–H and O–H groups in total. The van der Waals surface area contributed by atoms with E-state index in [0.29, 0.717) is 5.82 Å². The fourth-order valence-corrected chi connectivity index (χ4v) is 1.06. The maximum atomic E-state index is 5.47. The predicted octanol–water partition coefficient (Wildman–Crippen LogP) is 1.52. The van der Waals surface area contributed by atoms with E-state index in [9.17, 15) is 0 Å². The summed E-state index contributed by atoms with van der Waals surface area (Å²) in [4.78, 5) is 4.03. The van der Waals surface area contributed by atoms with Crippen LogP contribution in [-0.4, -0.2) is 16.2 Å². The normalized spacial score (nSPS) is 9.93. The van der Waals surface area contributed by atoms with Crippen molar-refractivity contribution in [3.05, 3.63) is 18.3 Å². The van der Waals surface area contributed by atoms with E-state index in [1.807, 2.05) is 13.8 Å². The van der Waals surface area contributed by atoms with E-state index in [-0.39, 0.29) is 11.2 Å². The zero-order chi connectivity index (χ0) is 10.6. The highest BCUT2D eigenvalue weighted by atomic mass is 32.1. The number of hydrogen-bond donors (Lipinski definition) is 2. The molecule has 5 heteroatoms. The lowest BCUT2D eigenvalue weighted by Gasteiger charge is -2.10. The molecule has 0 aliphatic heterocycles. The number of ether oxygens (including phenoxy) is 1. The van der Waals surface area contributed by atoms with Crippen molar-refractivity contribution < 1.29 is 4.74 Å². The van der Waals surface area contributed by atoms with Crippen LogP contribution in [-0.2, 0) is 0 Å². The van der Waals surface area contributed by atoms with Gasteiger partial charge in [0.25, 0.3) is 0 Å². The van der Waals surface area contributed by atoms with Gasteiger partial charge in [0, 0.05) is 12.3 Å². The van der Waals surface area contributed by atoms with Crippen LogP contribution in [0.3, 0.4) is 0 Å². The zero-order valence-electron chi connectivity index (χ0n) is 8.15. The first kappa shape index (κ1) is 10.7. The Morgan fingerprint density at radius 1 is 1.64 bits per heavy atom. The van der Waals surface area contributed by atoms with Gasteiger partial charge in [-0.25, -0.2) is 4.98 Å². The van der Waals surface area contributed by atoms with Gasteiger partial charge < -0.3 is 15.8 Å². The molecule has 1 rings (SSSR count). The van der Waals surface area contributed by atoms with Crippen molar-refractivity contribution in [1.82, 2.24) is 4.98 Å². The minimum atomic E-state index is 0.134. The molecule has 0 aromatic carbocycles. The number of anilines is 1. The molecule has 0 saturated heterocycles. The van der Waals surface area contributed by atoms with Crippen LogP contribution >= 0.6 is 12.2 Å². The molecule has 0 unspecified atom stereocenters. The van der Waals surface area contributed by atoms with Crippen LogP contribution in [0, 0.1) is 0 Å². The lowest BCUT2D eigenvalue weighted by Crippen LogP contribution is -2.19. The van der Waals surface area contributed by atoms with Gasteiger partial charge in [0.1, 0.15) is 11.6 Å². The van der Waals surface area contributed by atoms with Gasteiger partial charge in [-0.15, -0.1) is 0 Å². The van der Waals surface area contributed by atoms with Gasteiger partial charge in [-0.05, 0) is 32.1 Å². The number of aromatic nitrogens is 1. The lowest BCUT2D eigenvalue weighted by atomic mass is 10.4. The van der Waals surface area contributed by atoms with Crippen LogP contribution in [0.4, 0.5) is 5.82 Å². The smallest absolute Gasteiger partial charge is 0.169 e. The second kappa shape index (κ2) is 4.76. The first-order valence-electron chi connectivity index (χ1n) is 4.27. The van der Waals surface area contributed by atoms with Crippen LogP contribution in [0.5, 0.6) is 5.75 Å². The number of thiocarbonyl (C=S) groups is 1. The van der Waals surface area contributed by atoms with Crippen molar-refractivity contribution in [2.75, 3.05) is 5.32 Å². The van der Waals surface area contributed by atoms with Crippen LogP contribution in [0.1, 0.15) is 13.8 Å². The van der Waals surface area contributed by atoms with Crippen molar-refractivity contribution in [3.8, 4) is 5.75 Å². The van der Waals surface area contributed by atoms with E-state index in [4.69, 9.17) is 22.7 Å². The molecule has 0 bridgehead atoms. The second-order valence-electron chi connectivity index (χ2n) is 3.03. The number of nitrogens with one attached hydrogen (secondary N) is 1. The SMILES string of the molecule is CC(C)Oc1ccnc(NC(N)=S)c1. The molecular weight excluding hydrogens is 198 g/mol. The average molecular weight is 211 g/mol.